The van der Waals surface area contributed by atoms with Crippen molar-refractivity contribution in [3.05, 3.63) is 23.3 Å². The fourth-order valence-electron chi connectivity index (χ4n) is 5.57. The Hall–Kier alpha value is -2.24. The van der Waals surface area contributed by atoms with E-state index in [9.17, 15) is 9.59 Å². The van der Waals surface area contributed by atoms with E-state index in [1.165, 1.54) is 7.11 Å². The van der Waals surface area contributed by atoms with Crippen LogP contribution in [0, 0.1) is 11.8 Å². The highest BCUT2D eigenvalue weighted by Crippen LogP contribution is 2.60. The lowest BCUT2D eigenvalue weighted by Crippen LogP contribution is -2.57. The summed E-state index contributed by atoms with van der Waals surface area (Å²) in [4.78, 5) is 27.3. The van der Waals surface area contributed by atoms with Crippen LogP contribution in [0.25, 0.3) is 0 Å². The van der Waals surface area contributed by atoms with Crippen LogP contribution in [0.3, 0.4) is 0 Å². The van der Waals surface area contributed by atoms with Crippen molar-refractivity contribution in [1.29, 1.82) is 0 Å². The van der Waals surface area contributed by atoms with E-state index in [1.54, 1.807) is 14.2 Å². The SMILES string of the molecule is COC(=O)[C@@H]1Cc2cc(OC)c(OC)cc2[C@@]23C[C@H](C)CC2CC(=O)N13. The van der Waals surface area contributed by atoms with Crippen molar-refractivity contribution in [2.24, 2.45) is 11.8 Å². The Morgan fingerprint density at radius 3 is 2.50 bits per heavy atom. The molecular weight excluding hydrogens is 334 g/mol. The summed E-state index contributed by atoms with van der Waals surface area (Å²) in [6.07, 6.45) is 2.78. The van der Waals surface area contributed by atoms with E-state index >= 15 is 0 Å². The molecule has 4 rings (SSSR count). The highest BCUT2D eigenvalue weighted by Gasteiger charge is 2.63. The zero-order valence-electron chi connectivity index (χ0n) is 15.7. The van der Waals surface area contributed by atoms with Gasteiger partial charge < -0.3 is 19.1 Å². The standard InChI is InChI=1S/C20H25NO5/c1-11-5-13-8-18(22)21-15(19(23)26-4)6-12-7-16(24-2)17(25-3)9-14(12)20(13,21)10-11/h7,9,11,13,15H,5-6,8,10H2,1-4H3/t11-,13?,15+,20-/m1/s1. The number of methoxy groups -OCH3 is 3. The molecule has 1 aliphatic carbocycles. The lowest BCUT2D eigenvalue weighted by atomic mass is 9.74. The molecule has 26 heavy (non-hydrogen) atoms. The molecule has 1 amide bonds. The van der Waals surface area contributed by atoms with E-state index in [-0.39, 0.29) is 17.8 Å². The van der Waals surface area contributed by atoms with Crippen LogP contribution in [0.5, 0.6) is 11.5 Å². The summed E-state index contributed by atoms with van der Waals surface area (Å²) >= 11 is 0. The van der Waals surface area contributed by atoms with Crippen LogP contribution in [0.4, 0.5) is 0 Å². The second kappa shape index (κ2) is 5.89. The molecule has 2 aliphatic heterocycles. The lowest BCUT2D eigenvalue weighted by molar-refractivity contribution is -0.156. The van der Waals surface area contributed by atoms with E-state index in [4.69, 9.17) is 14.2 Å². The molecule has 3 aliphatic rings. The van der Waals surface area contributed by atoms with Crippen molar-refractivity contribution in [3.63, 3.8) is 0 Å². The Labute approximate surface area is 153 Å². The summed E-state index contributed by atoms with van der Waals surface area (Å²) < 4.78 is 16.0. The minimum absolute atomic E-state index is 0.0535. The van der Waals surface area contributed by atoms with Crippen molar-refractivity contribution < 1.29 is 23.8 Å². The molecule has 6 heteroatoms. The van der Waals surface area contributed by atoms with Gasteiger partial charge in [0.2, 0.25) is 5.91 Å². The van der Waals surface area contributed by atoms with Gasteiger partial charge in [0.1, 0.15) is 6.04 Å². The number of rotatable bonds is 3. The van der Waals surface area contributed by atoms with Gasteiger partial charge in [-0.2, -0.15) is 0 Å². The molecule has 6 nitrogen and oxygen atoms in total. The number of hydrogen-bond acceptors (Lipinski definition) is 5. The average Bonchev–Trinajstić information content (AvgIpc) is 3.08. The zero-order valence-corrected chi connectivity index (χ0v) is 15.7. The third kappa shape index (κ3) is 2.10. The van der Waals surface area contributed by atoms with Crippen LogP contribution in [0.15, 0.2) is 12.1 Å². The van der Waals surface area contributed by atoms with Gasteiger partial charge in [0, 0.05) is 12.8 Å². The maximum Gasteiger partial charge on any atom is 0.328 e. The summed E-state index contributed by atoms with van der Waals surface area (Å²) in [5.74, 6) is 1.72. The summed E-state index contributed by atoms with van der Waals surface area (Å²) in [6.45, 7) is 2.22. The van der Waals surface area contributed by atoms with E-state index in [0.29, 0.717) is 30.3 Å². The predicted molar refractivity (Wildman–Crippen MR) is 94.1 cm³/mol. The van der Waals surface area contributed by atoms with Gasteiger partial charge in [0.15, 0.2) is 11.5 Å². The summed E-state index contributed by atoms with van der Waals surface area (Å²) in [5, 5.41) is 0. The Bertz CT molecular complexity index is 776. The van der Waals surface area contributed by atoms with Crippen molar-refractivity contribution in [2.45, 2.75) is 44.2 Å². The van der Waals surface area contributed by atoms with Gasteiger partial charge in [-0.1, -0.05) is 6.92 Å². The quantitative estimate of drug-likeness (QED) is 0.775. The molecule has 2 fully saturated rings. The minimum atomic E-state index is -0.576. The van der Waals surface area contributed by atoms with Crippen LogP contribution in [0.2, 0.25) is 0 Å². The third-order valence-corrected chi connectivity index (χ3v) is 6.42. The molecule has 1 saturated heterocycles. The van der Waals surface area contributed by atoms with E-state index in [0.717, 1.165) is 24.0 Å². The number of nitrogens with zero attached hydrogens (tertiary/aromatic N) is 1. The number of carbonyl (C=O) groups excluding carboxylic acids is 2. The number of ether oxygens (including phenoxy) is 3. The summed E-state index contributed by atoms with van der Waals surface area (Å²) in [7, 11) is 4.61. The lowest BCUT2D eigenvalue weighted by Gasteiger charge is -2.47. The van der Waals surface area contributed by atoms with E-state index in [1.807, 2.05) is 17.0 Å². The number of hydrogen-bond donors (Lipinski definition) is 0. The number of amides is 1. The molecule has 1 spiro atoms. The van der Waals surface area contributed by atoms with Crippen molar-refractivity contribution >= 4 is 11.9 Å². The molecule has 1 aromatic rings. The molecule has 1 saturated carbocycles. The van der Waals surface area contributed by atoms with Crippen LogP contribution in [-0.2, 0) is 26.3 Å². The first-order chi connectivity index (χ1) is 12.5. The smallest absolute Gasteiger partial charge is 0.328 e. The molecule has 4 atom stereocenters. The first-order valence-electron chi connectivity index (χ1n) is 9.11. The minimum Gasteiger partial charge on any atom is -0.493 e. The number of fused-ring (bicyclic) bond motifs is 1. The second-order valence-corrected chi connectivity index (χ2v) is 7.74. The Morgan fingerprint density at radius 1 is 1.15 bits per heavy atom. The van der Waals surface area contributed by atoms with Gasteiger partial charge in [-0.3, -0.25) is 4.79 Å². The van der Waals surface area contributed by atoms with Gasteiger partial charge in [0.25, 0.3) is 0 Å². The fourth-order valence-corrected chi connectivity index (χ4v) is 5.57. The molecular formula is C20H25NO5. The fraction of sp³-hybridized carbons (Fsp3) is 0.600. The topological polar surface area (TPSA) is 65.1 Å². The molecule has 0 radical (unpaired) electrons. The van der Waals surface area contributed by atoms with E-state index in [2.05, 4.69) is 6.92 Å². The summed E-state index contributed by atoms with van der Waals surface area (Å²) in [5.41, 5.74) is 1.71. The Balaban J connectivity index is 1.96. The number of carbonyl (C=O) groups is 2. The second-order valence-electron chi connectivity index (χ2n) is 7.74. The first kappa shape index (κ1) is 17.2. The monoisotopic (exact) mass is 359 g/mol. The Morgan fingerprint density at radius 2 is 1.85 bits per heavy atom. The predicted octanol–water partition coefficient (Wildman–Crippen LogP) is 2.28. The van der Waals surface area contributed by atoms with Crippen molar-refractivity contribution in [3.8, 4) is 11.5 Å². The van der Waals surface area contributed by atoms with Gasteiger partial charge in [-0.05, 0) is 47.9 Å². The third-order valence-electron chi connectivity index (χ3n) is 6.42. The van der Waals surface area contributed by atoms with Crippen molar-refractivity contribution in [1.82, 2.24) is 4.90 Å². The average molecular weight is 359 g/mol. The van der Waals surface area contributed by atoms with Gasteiger partial charge >= 0.3 is 5.97 Å². The van der Waals surface area contributed by atoms with E-state index < -0.39 is 11.6 Å². The maximum atomic E-state index is 12.9. The van der Waals surface area contributed by atoms with Gasteiger partial charge in [-0.15, -0.1) is 0 Å². The normalized spacial score (nSPS) is 31.9. The molecule has 1 aromatic carbocycles. The molecule has 2 heterocycles. The van der Waals surface area contributed by atoms with Crippen LogP contribution < -0.4 is 9.47 Å². The van der Waals surface area contributed by atoms with Gasteiger partial charge in [-0.25, -0.2) is 4.79 Å². The Kier molecular flexibility index (Phi) is 3.90. The van der Waals surface area contributed by atoms with Crippen molar-refractivity contribution in [2.75, 3.05) is 21.3 Å². The highest BCUT2D eigenvalue weighted by molar-refractivity contribution is 5.89. The largest absolute Gasteiger partial charge is 0.493 e. The number of benzene rings is 1. The van der Waals surface area contributed by atoms with Crippen LogP contribution >= 0.6 is 0 Å². The van der Waals surface area contributed by atoms with Crippen LogP contribution in [-0.4, -0.2) is 44.1 Å². The molecule has 0 N–H and O–H groups in total. The maximum absolute atomic E-state index is 12.9. The molecule has 0 bridgehead atoms. The molecule has 140 valence electrons. The molecule has 0 aromatic heterocycles. The summed E-state index contributed by atoms with van der Waals surface area (Å²) in [6, 6.07) is 3.39. The molecule has 1 unspecified atom stereocenters. The van der Waals surface area contributed by atoms with Crippen LogP contribution in [0.1, 0.15) is 37.3 Å². The number of esters is 1. The highest BCUT2D eigenvalue weighted by atomic mass is 16.5. The van der Waals surface area contributed by atoms with Gasteiger partial charge in [0.05, 0.1) is 26.9 Å². The first-order valence-corrected chi connectivity index (χ1v) is 9.11. The zero-order chi connectivity index (χ0) is 18.6.